The van der Waals surface area contributed by atoms with Crippen LogP contribution < -0.4 is 4.90 Å². The predicted molar refractivity (Wildman–Crippen MR) is 76.3 cm³/mol. The molecule has 0 aliphatic carbocycles. The highest BCUT2D eigenvalue weighted by atomic mass is 16.4. The number of benzene rings is 1. The summed E-state index contributed by atoms with van der Waals surface area (Å²) in [7, 11) is 0. The molecular formula is C16H15NO4. The molecule has 0 fully saturated rings. The van der Waals surface area contributed by atoms with Gasteiger partial charge in [-0.05, 0) is 18.6 Å². The molecule has 108 valence electrons. The zero-order chi connectivity index (χ0) is 15.0. The number of carboxylic acids is 1. The minimum absolute atomic E-state index is 0.344. The van der Waals surface area contributed by atoms with Crippen molar-refractivity contribution in [1.29, 1.82) is 0 Å². The first kappa shape index (κ1) is 13.4. The van der Waals surface area contributed by atoms with Crippen LogP contribution >= 0.6 is 0 Å². The fourth-order valence-corrected chi connectivity index (χ4v) is 2.78. The second-order valence-electron chi connectivity index (χ2n) is 5.17. The van der Waals surface area contributed by atoms with Crippen molar-refractivity contribution in [3.63, 3.8) is 0 Å². The highest BCUT2D eigenvalue weighted by molar-refractivity contribution is 6.13. The number of carbonyl (C=O) groups is 2. The highest BCUT2D eigenvalue weighted by Crippen LogP contribution is 2.35. The van der Waals surface area contributed by atoms with Gasteiger partial charge in [0.15, 0.2) is 5.78 Å². The van der Waals surface area contributed by atoms with Gasteiger partial charge < -0.3 is 14.4 Å². The lowest BCUT2D eigenvalue weighted by molar-refractivity contribution is -0.140. The van der Waals surface area contributed by atoms with Crippen LogP contribution in [0.2, 0.25) is 0 Å². The van der Waals surface area contributed by atoms with Gasteiger partial charge in [-0.25, -0.2) is 0 Å². The van der Waals surface area contributed by atoms with Gasteiger partial charge in [0.2, 0.25) is 5.88 Å². The Morgan fingerprint density at radius 3 is 2.67 bits per heavy atom. The number of rotatable bonds is 3. The van der Waals surface area contributed by atoms with Gasteiger partial charge in [0.05, 0.1) is 17.9 Å². The van der Waals surface area contributed by atoms with Crippen LogP contribution in [0, 0.1) is 5.92 Å². The topological polar surface area (TPSA) is 70.7 Å². The molecule has 0 spiro atoms. The molecule has 0 saturated heterocycles. The largest absolute Gasteiger partial charge is 0.481 e. The van der Waals surface area contributed by atoms with Crippen LogP contribution in [-0.4, -0.2) is 22.9 Å². The van der Waals surface area contributed by atoms with E-state index in [0.29, 0.717) is 18.0 Å². The highest BCUT2D eigenvalue weighted by Gasteiger charge is 2.43. The Balaban J connectivity index is 2.01. The van der Waals surface area contributed by atoms with E-state index < -0.39 is 17.9 Å². The lowest BCUT2D eigenvalue weighted by Gasteiger charge is -2.36. The fourth-order valence-electron chi connectivity index (χ4n) is 2.78. The number of nitrogens with zero attached hydrogens (tertiary/aromatic N) is 1. The summed E-state index contributed by atoms with van der Waals surface area (Å²) in [5.74, 6) is -2.10. The Bertz CT molecular complexity index is 677. The van der Waals surface area contributed by atoms with Gasteiger partial charge in [0, 0.05) is 6.54 Å². The summed E-state index contributed by atoms with van der Waals surface area (Å²) in [5.41, 5.74) is 1.38. The van der Waals surface area contributed by atoms with Gasteiger partial charge in [0.1, 0.15) is 5.92 Å². The number of aliphatic carboxylic acids is 1. The summed E-state index contributed by atoms with van der Waals surface area (Å²) >= 11 is 0. The number of furan rings is 1. The number of hydrogen-bond donors (Lipinski definition) is 1. The summed E-state index contributed by atoms with van der Waals surface area (Å²) in [6, 6.07) is 10.8. The molecule has 2 aromatic rings. The second-order valence-corrected chi connectivity index (χ2v) is 5.17. The third-order valence-corrected chi connectivity index (χ3v) is 3.89. The summed E-state index contributed by atoms with van der Waals surface area (Å²) in [4.78, 5) is 25.5. The van der Waals surface area contributed by atoms with Crippen LogP contribution in [0.1, 0.15) is 22.8 Å². The quantitative estimate of drug-likeness (QED) is 0.878. The van der Waals surface area contributed by atoms with E-state index in [9.17, 15) is 14.7 Å². The van der Waals surface area contributed by atoms with Crippen molar-refractivity contribution in [1.82, 2.24) is 0 Å². The molecule has 21 heavy (non-hydrogen) atoms. The Morgan fingerprint density at radius 2 is 2.00 bits per heavy atom. The Hall–Kier alpha value is -2.56. The molecular weight excluding hydrogens is 270 g/mol. The maximum atomic E-state index is 12.3. The van der Waals surface area contributed by atoms with Crippen LogP contribution in [0.4, 0.5) is 5.88 Å². The monoisotopic (exact) mass is 285 g/mol. The molecule has 0 amide bonds. The van der Waals surface area contributed by atoms with E-state index in [1.165, 1.54) is 12.3 Å². The molecule has 3 rings (SSSR count). The Kier molecular flexibility index (Phi) is 3.25. The van der Waals surface area contributed by atoms with Gasteiger partial charge in [-0.2, -0.15) is 0 Å². The maximum Gasteiger partial charge on any atom is 0.316 e. The van der Waals surface area contributed by atoms with Crippen LogP contribution in [0.15, 0.2) is 47.1 Å². The number of anilines is 1. The normalized spacial score (nSPS) is 21.2. The molecule has 2 atom stereocenters. The van der Waals surface area contributed by atoms with Crippen molar-refractivity contribution in [2.24, 2.45) is 5.92 Å². The van der Waals surface area contributed by atoms with Crippen molar-refractivity contribution < 1.29 is 19.1 Å². The molecule has 0 bridgehead atoms. The molecule has 0 radical (unpaired) electrons. The summed E-state index contributed by atoms with van der Waals surface area (Å²) in [6.45, 7) is 2.24. The van der Waals surface area contributed by atoms with Crippen LogP contribution in [0.25, 0.3) is 0 Å². The van der Waals surface area contributed by atoms with Gasteiger partial charge in [-0.1, -0.05) is 30.3 Å². The third-order valence-electron chi connectivity index (χ3n) is 3.89. The van der Waals surface area contributed by atoms with Crippen molar-refractivity contribution >= 4 is 17.6 Å². The first-order valence-electron chi connectivity index (χ1n) is 6.74. The summed E-state index contributed by atoms with van der Waals surface area (Å²) in [6.07, 6.45) is 1.43. The van der Waals surface area contributed by atoms with E-state index in [2.05, 4.69) is 0 Å². The van der Waals surface area contributed by atoms with Crippen molar-refractivity contribution in [3.8, 4) is 0 Å². The number of ketones is 1. The van der Waals surface area contributed by atoms with E-state index in [0.717, 1.165) is 5.56 Å². The number of Topliss-reactive ketones (excluding diaryl/α,β-unsaturated/α-hetero) is 1. The average Bonchev–Trinajstić information content (AvgIpc) is 2.94. The molecule has 1 aromatic heterocycles. The minimum Gasteiger partial charge on any atom is -0.481 e. The number of fused-ring (bicyclic) bond motifs is 1. The molecule has 5 heteroatoms. The lowest BCUT2D eigenvalue weighted by Crippen LogP contribution is -2.49. The Morgan fingerprint density at radius 1 is 1.29 bits per heavy atom. The van der Waals surface area contributed by atoms with Crippen LogP contribution in [-0.2, 0) is 11.3 Å². The zero-order valence-corrected chi connectivity index (χ0v) is 11.5. The predicted octanol–water partition coefficient (Wildman–Crippen LogP) is 2.57. The lowest BCUT2D eigenvalue weighted by atomic mass is 9.87. The van der Waals surface area contributed by atoms with Crippen LogP contribution in [0.5, 0.6) is 0 Å². The first-order valence-corrected chi connectivity index (χ1v) is 6.74. The van der Waals surface area contributed by atoms with Gasteiger partial charge in [-0.15, -0.1) is 0 Å². The van der Waals surface area contributed by atoms with E-state index in [1.807, 2.05) is 35.2 Å². The molecule has 5 nitrogen and oxygen atoms in total. The SMILES string of the molecule is CC1C(C(=O)O)C(=O)c2ccoc2N1Cc1ccccc1. The molecule has 2 heterocycles. The molecule has 1 aromatic carbocycles. The Labute approximate surface area is 121 Å². The molecule has 0 saturated carbocycles. The van der Waals surface area contributed by atoms with Crippen molar-refractivity contribution in [2.75, 3.05) is 4.90 Å². The number of carbonyl (C=O) groups excluding carboxylic acids is 1. The molecule has 2 unspecified atom stereocenters. The number of hydrogen-bond acceptors (Lipinski definition) is 4. The van der Waals surface area contributed by atoms with E-state index in [4.69, 9.17) is 4.42 Å². The first-order chi connectivity index (χ1) is 10.1. The number of carboxylic acid groups (broad SMARTS) is 1. The summed E-state index contributed by atoms with van der Waals surface area (Å²) in [5, 5.41) is 9.35. The maximum absolute atomic E-state index is 12.3. The second kappa shape index (κ2) is 5.09. The van der Waals surface area contributed by atoms with Crippen molar-refractivity contribution in [3.05, 3.63) is 53.8 Å². The van der Waals surface area contributed by atoms with Gasteiger partial charge >= 0.3 is 5.97 Å². The van der Waals surface area contributed by atoms with Crippen LogP contribution in [0.3, 0.4) is 0 Å². The van der Waals surface area contributed by atoms with E-state index >= 15 is 0 Å². The third kappa shape index (κ3) is 2.20. The van der Waals surface area contributed by atoms with E-state index in [-0.39, 0.29) is 5.78 Å². The molecule has 1 N–H and O–H groups in total. The minimum atomic E-state index is -1.10. The van der Waals surface area contributed by atoms with Gasteiger partial charge in [-0.3, -0.25) is 9.59 Å². The zero-order valence-electron chi connectivity index (χ0n) is 11.5. The molecule has 1 aliphatic rings. The van der Waals surface area contributed by atoms with Gasteiger partial charge in [0.25, 0.3) is 0 Å². The summed E-state index contributed by atoms with van der Waals surface area (Å²) < 4.78 is 5.42. The average molecular weight is 285 g/mol. The fraction of sp³-hybridized carbons (Fsp3) is 0.250. The molecule has 1 aliphatic heterocycles. The standard InChI is InChI=1S/C16H15NO4/c1-10-13(16(19)20)14(18)12-7-8-21-15(12)17(10)9-11-5-3-2-4-6-11/h2-8,10,13H,9H2,1H3,(H,19,20). The smallest absolute Gasteiger partial charge is 0.316 e. The van der Waals surface area contributed by atoms with Crippen molar-refractivity contribution in [2.45, 2.75) is 19.5 Å². The van der Waals surface area contributed by atoms with E-state index in [1.54, 1.807) is 6.92 Å².